The normalized spacial score (nSPS) is 13.8. The molecule has 0 saturated heterocycles. The lowest BCUT2D eigenvalue weighted by atomic mass is 9.93. The number of aryl methyl sites for hydroxylation is 3. The van der Waals surface area contributed by atoms with Gasteiger partial charge in [0.15, 0.2) is 11.7 Å². The van der Waals surface area contributed by atoms with E-state index in [2.05, 4.69) is 27.8 Å². The molecule has 7 nitrogen and oxygen atoms in total. The monoisotopic (exact) mass is 375 g/mol. The molecule has 0 fully saturated rings. The number of rotatable bonds is 9. The van der Waals surface area contributed by atoms with Crippen molar-refractivity contribution in [1.29, 1.82) is 0 Å². The number of nitrogens with zero attached hydrogens (tertiary/aromatic N) is 1. The number of hydrogen-bond donors (Lipinski definition) is 4. The topological polar surface area (TPSA) is 123 Å². The van der Waals surface area contributed by atoms with Crippen molar-refractivity contribution in [3.63, 3.8) is 0 Å². The molecule has 0 bridgehead atoms. The molecule has 0 aliphatic heterocycles. The van der Waals surface area contributed by atoms with Crippen LogP contribution >= 0.6 is 0 Å². The molecule has 0 heterocycles. The van der Waals surface area contributed by atoms with Crippen molar-refractivity contribution in [1.82, 2.24) is 10.6 Å². The highest BCUT2D eigenvalue weighted by Gasteiger charge is 2.22. The molecule has 0 aliphatic carbocycles. The number of aliphatic imine (C=N–C) groups is 1. The van der Waals surface area contributed by atoms with Crippen LogP contribution in [0, 0.1) is 20.8 Å². The molecule has 2 unspecified atom stereocenters. The zero-order valence-corrected chi connectivity index (χ0v) is 17.1. The van der Waals surface area contributed by atoms with Gasteiger partial charge >= 0.3 is 0 Å². The largest absolute Gasteiger partial charge is 0.370 e. The Labute approximate surface area is 162 Å². The molecule has 7 heteroatoms. The van der Waals surface area contributed by atoms with Gasteiger partial charge in [-0.15, -0.1) is 0 Å². The van der Waals surface area contributed by atoms with Gasteiger partial charge in [-0.25, -0.2) is 0 Å². The van der Waals surface area contributed by atoms with Crippen molar-refractivity contribution in [2.45, 2.75) is 59.0 Å². The molecular formula is C20H33N5O2. The Morgan fingerprint density at radius 1 is 1.19 bits per heavy atom. The number of guanidine groups is 1. The molecule has 150 valence electrons. The van der Waals surface area contributed by atoms with Gasteiger partial charge in [0.1, 0.15) is 0 Å². The SMILES string of the molecule is CN=C(N)NCCCC(N)C(=O)NC(Cc1c(C)cc(C)cc1C)C(C)=O. The van der Waals surface area contributed by atoms with Crippen molar-refractivity contribution >= 4 is 17.6 Å². The summed E-state index contributed by atoms with van der Waals surface area (Å²) in [6.07, 6.45) is 1.63. The summed E-state index contributed by atoms with van der Waals surface area (Å²) in [6.45, 7) is 8.17. The first-order valence-corrected chi connectivity index (χ1v) is 9.25. The van der Waals surface area contributed by atoms with Gasteiger partial charge in [-0.2, -0.15) is 0 Å². The average molecular weight is 376 g/mol. The van der Waals surface area contributed by atoms with Crippen LogP contribution in [0.3, 0.4) is 0 Å². The second kappa shape index (κ2) is 10.7. The Balaban J connectivity index is 2.66. The standard InChI is InChI=1S/C20H33N5O2/c1-12-9-13(2)16(14(3)10-12)11-18(15(4)26)25-19(27)17(21)7-6-8-24-20(22)23-5/h9-10,17-18H,6-8,11,21H2,1-5H3,(H,25,27)(H3,22,23,24). The van der Waals surface area contributed by atoms with E-state index in [-0.39, 0.29) is 11.7 Å². The minimum atomic E-state index is -0.673. The van der Waals surface area contributed by atoms with Gasteiger partial charge in [-0.05, 0) is 57.2 Å². The zero-order valence-electron chi connectivity index (χ0n) is 17.1. The highest BCUT2D eigenvalue weighted by Crippen LogP contribution is 2.18. The fourth-order valence-corrected chi connectivity index (χ4v) is 3.06. The van der Waals surface area contributed by atoms with Gasteiger partial charge in [-0.1, -0.05) is 17.7 Å². The van der Waals surface area contributed by atoms with E-state index in [1.54, 1.807) is 7.05 Å². The fraction of sp³-hybridized carbons (Fsp3) is 0.550. The molecule has 0 aromatic heterocycles. The van der Waals surface area contributed by atoms with Crippen molar-refractivity contribution in [2.24, 2.45) is 16.5 Å². The van der Waals surface area contributed by atoms with Crippen LogP contribution in [0.25, 0.3) is 0 Å². The Morgan fingerprint density at radius 2 is 1.78 bits per heavy atom. The fourth-order valence-electron chi connectivity index (χ4n) is 3.06. The Morgan fingerprint density at radius 3 is 2.30 bits per heavy atom. The maximum Gasteiger partial charge on any atom is 0.237 e. The molecular weight excluding hydrogens is 342 g/mol. The van der Waals surface area contributed by atoms with Gasteiger partial charge < -0.3 is 22.1 Å². The van der Waals surface area contributed by atoms with Crippen LogP contribution in [0.15, 0.2) is 17.1 Å². The predicted octanol–water partition coefficient (Wildman–Crippen LogP) is 0.870. The number of benzene rings is 1. The predicted molar refractivity (Wildman–Crippen MR) is 110 cm³/mol. The molecule has 0 saturated carbocycles. The average Bonchev–Trinajstić information content (AvgIpc) is 2.59. The molecule has 1 aromatic carbocycles. The van der Waals surface area contributed by atoms with Crippen LogP contribution in [0.5, 0.6) is 0 Å². The van der Waals surface area contributed by atoms with Gasteiger partial charge in [-0.3, -0.25) is 14.6 Å². The van der Waals surface area contributed by atoms with E-state index in [0.29, 0.717) is 31.8 Å². The third-order valence-electron chi connectivity index (χ3n) is 4.63. The molecule has 0 radical (unpaired) electrons. The molecule has 1 rings (SSSR count). The summed E-state index contributed by atoms with van der Waals surface area (Å²) < 4.78 is 0. The lowest BCUT2D eigenvalue weighted by Gasteiger charge is -2.21. The van der Waals surface area contributed by atoms with E-state index < -0.39 is 12.1 Å². The van der Waals surface area contributed by atoms with E-state index in [1.807, 2.05) is 20.8 Å². The molecule has 0 spiro atoms. The lowest BCUT2D eigenvalue weighted by Crippen LogP contribution is -2.49. The summed E-state index contributed by atoms with van der Waals surface area (Å²) in [5.41, 5.74) is 16.0. The highest BCUT2D eigenvalue weighted by molar-refractivity contribution is 5.89. The molecule has 1 amide bonds. The quantitative estimate of drug-likeness (QED) is 0.290. The van der Waals surface area contributed by atoms with Crippen molar-refractivity contribution in [2.75, 3.05) is 13.6 Å². The van der Waals surface area contributed by atoms with Gasteiger partial charge in [0.25, 0.3) is 0 Å². The summed E-state index contributed by atoms with van der Waals surface area (Å²) in [7, 11) is 1.60. The first-order chi connectivity index (χ1) is 12.6. The number of amides is 1. The maximum absolute atomic E-state index is 12.4. The Hall–Kier alpha value is -2.41. The van der Waals surface area contributed by atoms with Gasteiger partial charge in [0, 0.05) is 20.0 Å². The van der Waals surface area contributed by atoms with Gasteiger partial charge in [0.2, 0.25) is 5.91 Å². The molecule has 27 heavy (non-hydrogen) atoms. The zero-order chi connectivity index (χ0) is 20.6. The summed E-state index contributed by atoms with van der Waals surface area (Å²) in [5, 5.41) is 5.73. The minimum absolute atomic E-state index is 0.0801. The van der Waals surface area contributed by atoms with Crippen molar-refractivity contribution in [3.05, 3.63) is 34.4 Å². The second-order valence-corrected chi connectivity index (χ2v) is 7.04. The van der Waals surface area contributed by atoms with E-state index >= 15 is 0 Å². The summed E-state index contributed by atoms with van der Waals surface area (Å²) in [6, 6.07) is 2.93. The first kappa shape index (κ1) is 22.6. The van der Waals surface area contributed by atoms with E-state index in [9.17, 15) is 9.59 Å². The Bertz CT molecular complexity index is 677. The third kappa shape index (κ3) is 7.38. The molecule has 6 N–H and O–H groups in total. The third-order valence-corrected chi connectivity index (χ3v) is 4.63. The number of nitrogens with two attached hydrogens (primary N) is 2. The number of carbonyl (C=O) groups is 2. The summed E-state index contributed by atoms with van der Waals surface area (Å²) in [5.74, 6) is -0.0354. The van der Waals surface area contributed by atoms with Crippen molar-refractivity contribution < 1.29 is 9.59 Å². The second-order valence-electron chi connectivity index (χ2n) is 7.04. The van der Waals surface area contributed by atoms with E-state index in [4.69, 9.17) is 11.5 Å². The van der Waals surface area contributed by atoms with Crippen LogP contribution in [-0.4, -0.2) is 43.3 Å². The van der Waals surface area contributed by atoms with Crippen LogP contribution in [0.2, 0.25) is 0 Å². The minimum Gasteiger partial charge on any atom is -0.370 e. The highest BCUT2D eigenvalue weighted by atomic mass is 16.2. The van der Waals surface area contributed by atoms with Crippen LogP contribution in [0.1, 0.15) is 42.0 Å². The van der Waals surface area contributed by atoms with Crippen LogP contribution < -0.4 is 22.1 Å². The number of nitrogens with one attached hydrogen (secondary N) is 2. The van der Waals surface area contributed by atoms with Crippen LogP contribution in [0.4, 0.5) is 0 Å². The summed E-state index contributed by atoms with van der Waals surface area (Å²) in [4.78, 5) is 28.3. The number of ketones is 1. The Kier molecular flexibility index (Phi) is 8.94. The lowest BCUT2D eigenvalue weighted by molar-refractivity contribution is -0.127. The molecule has 0 aliphatic rings. The number of carbonyl (C=O) groups excluding carboxylic acids is 2. The molecule has 1 aromatic rings. The van der Waals surface area contributed by atoms with E-state index in [1.165, 1.54) is 12.5 Å². The van der Waals surface area contributed by atoms with Crippen molar-refractivity contribution in [3.8, 4) is 0 Å². The molecule has 2 atom stereocenters. The number of Topliss-reactive ketones (excluding diaryl/α,β-unsaturated/α-hetero) is 1. The maximum atomic E-state index is 12.4. The summed E-state index contributed by atoms with van der Waals surface area (Å²) >= 11 is 0. The van der Waals surface area contributed by atoms with E-state index in [0.717, 1.165) is 16.7 Å². The van der Waals surface area contributed by atoms with Crippen LogP contribution in [-0.2, 0) is 16.0 Å². The smallest absolute Gasteiger partial charge is 0.237 e. The van der Waals surface area contributed by atoms with Gasteiger partial charge in [0.05, 0.1) is 12.1 Å². The first-order valence-electron chi connectivity index (χ1n) is 9.25. The number of hydrogen-bond acceptors (Lipinski definition) is 4.